The van der Waals surface area contributed by atoms with Gasteiger partial charge in [0.25, 0.3) is 0 Å². The van der Waals surface area contributed by atoms with Gasteiger partial charge < -0.3 is 9.64 Å². The van der Waals surface area contributed by atoms with Gasteiger partial charge in [-0.3, -0.25) is 0 Å². The van der Waals surface area contributed by atoms with Crippen LogP contribution in [0.25, 0.3) is 0 Å². The second-order valence-corrected chi connectivity index (χ2v) is 9.40. The average Bonchev–Trinajstić information content (AvgIpc) is 3.16. The highest BCUT2D eigenvalue weighted by molar-refractivity contribution is 7.88. The monoisotopic (exact) mass is 316 g/mol. The van der Waals surface area contributed by atoms with Crippen LogP contribution in [0.2, 0.25) is 0 Å². The number of hydrogen-bond donors (Lipinski definition) is 0. The Hall–Kier alpha value is -0.170. The maximum Gasteiger partial charge on any atom is 0.211 e. The molecule has 3 aliphatic rings. The predicted octanol–water partition coefficient (Wildman–Crippen LogP) is 1.16. The second-order valence-electron chi connectivity index (χ2n) is 7.42. The summed E-state index contributed by atoms with van der Waals surface area (Å²) in [7, 11) is -0.838. The summed E-state index contributed by atoms with van der Waals surface area (Å²) < 4.78 is 30.8. The van der Waals surface area contributed by atoms with Crippen LogP contribution in [0.1, 0.15) is 32.1 Å². The van der Waals surface area contributed by atoms with Gasteiger partial charge in [-0.2, -0.15) is 0 Å². The lowest BCUT2D eigenvalue weighted by atomic mass is 9.77. The van der Waals surface area contributed by atoms with Crippen LogP contribution in [-0.4, -0.2) is 69.8 Å². The molecule has 6 heteroatoms. The molecule has 1 spiro atoms. The average molecular weight is 316 g/mol. The molecule has 0 radical (unpaired) electrons. The minimum Gasteiger partial charge on any atom is -0.380 e. The van der Waals surface area contributed by atoms with E-state index in [0.29, 0.717) is 24.5 Å². The first kappa shape index (κ1) is 15.7. The summed E-state index contributed by atoms with van der Waals surface area (Å²) in [6, 6.07) is 0.508. The standard InChI is InChI=1S/C15H28N2O3S/c1-16-12-15(5-7-17(8-6-15)21(2,18)19)9-14(16)11-20-10-13-3-4-13/h13-14H,3-12H2,1-2H3/t14-/m1/s1. The fraction of sp³-hybridized carbons (Fsp3) is 1.00. The van der Waals surface area contributed by atoms with Crippen LogP contribution in [0.4, 0.5) is 0 Å². The van der Waals surface area contributed by atoms with Crippen LogP contribution in [-0.2, 0) is 14.8 Å². The van der Waals surface area contributed by atoms with Crippen molar-refractivity contribution in [1.29, 1.82) is 0 Å². The van der Waals surface area contributed by atoms with Crippen LogP contribution >= 0.6 is 0 Å². The number of ether oxygens (including phenoxy) is 1. The van der Waals surface area contributed by atoms with Gasteiger partial charge in [0, 0.05) is 32.3 Å². The van der Waals surface area contributed by atoms with Gasteiger partial charge in [-0.05, 0) is 50.5 Å². The lowest BCUT2D eigenvalue weighted by Crippen LogP contribution is -2.43. The van der Waals surface area contributed by atoms with Crippen molar-refractivity contribution in [2.75, 3.05) is 46.2 Å². The molecule has 0 bridgehead atoms. The fourth-order valence-electron chi connectivity index (χ4n) is 3.87. The number of likely N-dealkylation sites (N-methyl/N-ethyl adjacent to an activating group) is 1. The van der Waals surface area contributed by atoms with Gasteiger partial charge in [0.05, 0.1) is 12.9 Å². The molecule has 0 N–H and O–H groups in total. The number of sulfonamides is 1. The quantitative estimate of drug-likeness (QED) is 0.764. The Kier molecular flexibility index (Phi) is 4.34. The van der Waals surface area contributed by atoms with Crippen LogP contribution < -0.4 is 0 Å². The molecule has 0 aromatic heterocycles. The van der Waals surface area contributed by atoms with Crippen molar-refractivity contribution in [3.63, 3.8) is 0 Å². The molecule has 2 heterocycles. The summed E-state index contributed by atoms with van der Waals surface area (Å²) >= 11 is 0. The van der Waals surface area contributed by atoms with Crippen molar-refractivity contribution in [2.24, 2.45) is 11.3 Å². The largest absolute Gasteiger partial charge is 0.380 e. The molecule has 3 rings (SSSR count). The molecular weight excluding hydrogens is 288 g/mol. The zero-order chi connectivity index (χ0) is 15.1. The molecule has 2 saturated heterocycles. The minimum absolute atomic E-state index is 0.309. The molecule has 2 aliphatic heterocycles. The minimum atomic E-state index is -3.02. The van der Waals surface area contributed by atoms with Gasteiger partial charge >= 0.3 is 0 Å². The van der Waals surface area contributed by atoms with Crippen molar-refractivity contribution < 1.29 is 13.2 Å². The van der Waals surface area contributed by atoms with E-state index in [2.05, 4.69) is 11.9 Å². The Bertz CT molecular complexity index is 467. The summed E-state index contributed by atoms with van der Waals surface area (Å²) in [5, 5.41) is 0. The highest BCUT2D eigenvalue weighted by Crippen LogP contribution is 2.43. The number of piperidine rings is 1. The van der Waals surface area contributed by atoms with Crippen LogP contribution in [0, 0.1) is 11.3 Å². The summed E-state index contributed by atoms with van der Waals surface area (Å²) in [5.41, 5.74) is 0.309. The highest BCUT2D eigenvalue weighted by Gasteiger charge is 2.45. The van der Waals surface area contributed by atoms with Crippen molar-refractivity contribution in [3.05, 3.63) is 0 Å². The molecule has 3 fully saturated rings. The number of likely N-dealkylation sites (tertiary alicyclic amines) is 1. The van der Waals surface area contributed by atoms with Crippen LogP contribution in [0.15, 0.2) is 0 Å². The van der Waals surface area contributed by atoms with E-state index in [-0.39, 0.29) is 0 Å². The van der Waals surface area contributed by atoms with E-state index >= 15 is 0 Å². The molecule has 5 nitrogen and oxygen atoms in total. The molecule has 1 aliphatic carbocycles. The van der Waals surface area contributed by atoms with Gasteiger partial charge in [-0.1, -0.05) is 0 Å². The summed E-state index contributed by atoms with van der Waals surface area (Å²) in [5.74, 6) is 0.823. The van der Waals surface area contributed by atoms with Gasteiger partial charge in [-0.15, -0.1) is 0 Å². The molecule has 122 valence electrons. The maximum absolute atomic E-state index is 11.6. The summed E-state index contributed by atoms with van der Waals surface area (Å²) in [4.78, 5) is 2.42. The first-order valence-electron chi connectivity index (χ1n) is 8.11. The SMILES string of the molecule is CN1CC2(CCN(S(C)(=O)=O)CC2)C[C@@H]1COCC1CC1. The summed E-state index contributed by atoms with van der Waals surface area (Å²) in [6.07, 6.45) is 7.14. The van der Waals surface area contributed by atoms with Gasteiger partial charge in [-0.25, -0.2) is 12.7 Å². The third-order valence-electron chi connectivity index (χ3n) is 5.49. The predicted molar refractivity (Wildman–Crippen MR) is 82.7 cm³/mol. The van der Waals surface area contributed by atoms with E-state index in [1.807, 2.05) is 0 Å². The zero-order valence-electron chi connectivity index (χ0n) is 13.3. The molecule has 1 saturated carbocycles. The van der Waals surface area contributed by atoms with Crippen molar-refractivity contribution in [1.82, 2.24) is 9.21 Å². The third-order valence-corrected chi connectivity index (χ3v) is 6.79. The number of nitrogens with zero attached hydrogens (tertiary/aromatic N) is 2. The van der Waals surface area contributed by atoms with E-state index in [0.717, 1.165) is 44.9 Å². The topological polar surface area (TPSA) is 49.9 Å². The summed E-state index contributed by atoms with van der Waals surface area (Å²) in [6.45, 7) is 4.22. The van der Waals surface area contributed by atoms with Crippen LogP contribution in [0.3, 0.4) is 0 Å². The highest BCUT2D eigenvalue weighted by atomic mass is 32.2. The molecule has 0 amide bonds. The molecule has 1 atom stereocenters. The fourth-order valence-corrected chi connectivity index (χ4v) is 4.72. The molecular formula is C15H28N2O3S. The third kappa shape index (κ3) is 3.78. The molecule has 21 heavy (non-hydrogen) atoms. The Morgan fingerprint density at radius 3 is 2.43 bits per heavy atom. The molecule has 0 aromatic rings. The Morgan fingerprint density at radius 2 is 1.86 bits per heavy atom. The van der Waals surface area contributed by atoms with E-state index in [4.69, 9.17) is 4.74 Å². The second kappa shape index (κ2) is 5.80. The zero-order valence-corrected chi connectivity index (χ0v) is 14.1. The lowest BCUT2D eigenvalue weighted by Gasteiger charge is -2.38. The number of rotatable bonds is 5. The normalized spacial score (nSPS) is 31.0. The Morgan fingerprint density at radius 1 is 1.19 bits per heavy atom. The van der Waals surface area contributed by atoms with Crippen molar-refractivity contribution in [3.8, 4) is 0 Å². The first-order chi connectivity index (χ1) is 9.88. The van der Waals surface area contributed by atoms with Gasteiger partial charge in [0.1, 0.15) is 0 Å². The maximum atomic E-state index is 11.6. The smallest absolute Gasteiger partial charge is 0.211 e. The Labute approximate surface area is 128 Å². The van der Waals surface area contributed by atoms with Crippen molar-refractivity contribution >= 4 is 10.0 Å². The lowest BCUT2D eigenvalue weighted by molar-refractivity contribution is 0.0784. The molecule has 0 unspecified atom stereocenters. The van der Waals surface area contributed by atoms with Crippen LogP contribution in [0.5, 0.6) is 0 Å². The van der Waals surface area contributed by atoms with E-state index in [9.17, 15) is 8.42 Å². The van der Waals surface area contributed by atoms with Crippen molar-refractivity contribution in [2.45, 2.75) is 38.1 Å². The first-order valence-corrected chi connectivity index (χ1v) is 9.96. The van der Waals surface area contributed by atoms with Gasteiger partial charge in [0.15, 0.2) is 0 Å². The molecule has 0 aromatic carbocycles. The van der Waals surface area contributed by atoms with E-state index in [1.54, 1.807) is 4.31 Å². The Balaban J connectivity index is 1.50. The van der Waals surface area contributed by atoms with Gasteiger partial charge in [0.2, 0.25) is 10.0 Å². The van der Waals surface area contributed by atoms with E-state index in [1.165, 1.54) is 19.1 Å². The van der Waals surface area contributed by atoms with E-state index < -0.39 is 10.0 Å². The number of hydrogen-bond acceptors (Lipinski definition) is 4.